The van der Waals surface area contributed by atoms with Crippen LogP contribution in [-0.4, -0.2) is 22.4 Å². The molecule has 0 aliphatic heterocycles. The van der Waals surface area contributed by atoms with Crippen LogP contribution < -0.4 is 5.73 Å². The van der Waals surface area contributed by atoms with Gasteiger partial charge in [0.15, 0.2) is 0 Å². The number of carboxylic acid groups (broad SMARTS) is 1. The number of hydrogen-bond donors (Lipinski definition) is 3. The van der Waals surface area contributed by atoms with E-state index in [0.717, 1.165) is 0 Å². The topological polar surface area (TPSA) is 63.3 Å². The molecule has 0 saturated heterocycles. The predicted molar refractivity (Wildman–Crippen MR) is 41.3 cm³/mol. The van der Waals surface area contributed by atoms with Crippen molar-refractivity contribution in [2.45, 2.75) is 18.2 Å². The van der Waals surface area contributed by atoms with Crippen LogP contribution in [0.4, 0.5) is 0 Å². The molecule has 3 N–H and O–H groups in total. The fraction of sp³-hybridized carbons (Fsp3) is 0.750. The lowest BCUT2D eigenvalue weighted by molar-refractivity contribution is -0.138. The molecule has 3 nitrogen and oxygen atoms in total. The SMILES string of the molecule is C[C@H](S)[C@H](N)C(=O)O.Cl. The molecule has 0 aromatic rings. The lowest BCUT2D eigenvalue weighted by Crippen LogP contribution is -2.37. The Kier molecular flexibility index (Phi) is 6.44. The Hall–Kier alpha value is 0.0700. The fourth-order valence-electron chi connectivity index (χ4n) is 0.206. The number of halogens is 1. The van der Waals surface area contributed by atoms with Crippen molar-refractivity contribution in [3.8, 4) is 0 Å². The minimum Gasteiger partial charge on any atom is -0.480 e. The number of nitrogens with two attached hydrogens (primary N) is 1. The third-order valence-electron chi connectivity index (χ3n) is 0.805. The molecule has 0 unspecified atom stereocenters. The Morgan fingerprint density at radius 1 is 1.78 bits per heavy atom. The standard InChI is InChI=1S/C4H9NO2S.ClH/c1-2(8)3(5)4(6)7;/h2-3,8H,5H2,1H3,(H,6,7);1H/t2-,3-;/m0./s1. The smallest absolute Gasteiger partial charge is 0.321 e. The Balaban J connectivity index is 0. The van der Waals surface area contributed by atoms with Gasteiger partial charge >= 0.3 is 5.97 Å². The molecule has 0 amide bonds. The Labute approximate surface area is 65.4 Å². The molecule has 0 spiro atoms. The summed E-state index contributed by atoms with van der Waals surface area (Å²) in [7, 11) is 0. The largest absolute Gasteiger partial charge is 0.480 e. The van der Waals surface area contributed by atoms with Gasteiger partial charge in [-0.2, -0.15) is 12.6 Å². The summed E-state index contributed by atoms with van der Waals surface area (Å²) >= 11 is 3.83. The van der Waals surface area contributed by atoms with E-state index in [2.05, 4.69) is 12.6 Å². The summed E-state index contributed by atoms with van der Waals surface area (Å²) in [4.78, 5) is 9.97. The Morgan fingerprint density at radius 3 is 2.11 bits per heavy atom. The number of carbonyl (C=O) groups is 1. The second-order valence-electron chi connectivity index (χ2n) is 1.60. The maximum absolute atomic E-state index is 9.97. The van der Waals surface area contributed by atoms with Crippen LogP contribution in [0.25, 0.3) is 0 Å². The van der Waals surface area contributed by atoms with Crippen molar-refractivity contribution in [3.63, 3.8) is 0 Å². The average molecular weight is 172 g/mol. The van der Waals surface area contributed by atoms with Gasteiger partial charge < -0.3 is 10.8 Å². The molecule has 0 rings (SSSR count). The number of thiol groups is 1. The first kappa shape index (κ1) is 11.8. The number of rotatable bonds is 2. The minimum absolute atomic E-state index is 0. The fourth-order valence-corrected chi connectivity index (χ4v) is 0.334. The maximum atomic E-state index is 9.97. The summed E-state index contributed by atoms with van der Waals surface area (Å²) in [5.74, 6) is -1.01. The van der Waals surface area contributed by atoms with E-state index in [9.17, 15) is 4.79 Å². The van der Waals surface area contributed by atoms with Gasteiger partial charge in [0.05, 0.1) is 0 Å². The van der Waals surface area contributed by atoms with Gasteiger partial charge in [0.2, 0.25) is 0 Å². The van der Waals surface area contributed by atoms with Gasteiger partial charge in [0.25, 0.3) is 0 Å². The van der Waals surface area contributed by atoms with E-state index < -0.39 is 12.0 Å². The van der Waals surface area contributed by atoms with Crippen molar-refractivity contribution in [1.29, 1.82) is 0 Å². The monoisotopic (exact) mass is 171 g/mol. The summed E-state index contributed by atoms with van der Waals surface area (Å²) in [5, 5.41) is 7.89. The van der Waals surface area contributed by atoms with Gasteiger partial charge in [-0.05, 0) is 0 Å². The van der Waals surface area contributed by atoms with E-state index in [-0.39, 0.29) is 17.7 Å². The average Bonchev–Trinajstić information content (AvgIpc) is 1.64. The van der Waals surface area contributed by atoms with E-state index in [1.807, 2.05) is 0 Å². The van der Waals surface area contributed by atoms with Gasteiger partial charge in [-0.1, -0.05) is 6.92 Å². The molecule has 0 aromatic heterocycles. The van der Waals surface area contributed by atoms with Crippen LogP contribution in [0.1, 0.15) is 6.92 Å². The molecule has 0 radical (unpaired) electrons. The molecule has 0 aliphatic rings. The van der Waals surface area contributed by atoms with Gasteiger partial charge in [-0.25, -0.2) is 0 Å². The normalized spacial score (nSPS) is 15.4. The molecule has 0 saturated carbocycles. The number of carboxylic acids is 1. The highest BCUT2D eigenvalue weighted by atomic mass is 35.5. The van der Waals surface area contributed by atoms with E-state index in [4.69, 9.17) is 10.8 Å². The lowest BCUT2D eigenvalue weighted by Gasteiger charge is -2.07. The van der Waals surface area contributed by atoms with Crippen molar-refractivity contribution < 1.29 is 9.90 Å². The van der Waals surface area contributed by atoms with Crippen molar-refractivity contribution in [2.24, 2.45) is 5.73 Å². The van der Waals surface area contributed by atoms with Crippen LogP contribution in [0.2, 0.25) is 0 Å². The molecule has 0 aliphatic carbocycles. The first-order valence-corrected chi connectivity index (χ1v) is 2.74. The van der Waals surface area contributed by atoms with Crippen LogP contribution >= 0.6 is 25.0 Å². The molecule has 0 aromatic carbocycles. The maximum Gasteiger partial charge on any atom is 0.321 e. The van der Waals surface area contributed by atoms with Crippen LogP contribution in [0.3, 0.4) is 0 Å². The summed E-state index contributed by atoms with van der Waals surface area (Å²) in [6.45, 7) is 1.64. The second kappa shape index (κ2) is 4.90. The highest BCUT2D eigenvalue weighted by Crippen LogP contribution is 1.96. The Morgan fingerprint density at radius 2 is 2.11 bits per heavy atom. The van der Waals surface area contributed by atoms with Crippen molar-refractivity contribution in [2.75, 3.05) is 0 Å². The highest BCUT2D eigenvalue weighted by molar-refractivity contribution is 7.81. The first-order valence-electron chi connectivity index (χ1n) is 2.22. The first-order chi connectivity index (χ1) is 3.55. The van der Waals surface area contributed by atoms with Gasteiger partial charge in [-0.3, -0.25) is 4.79 Å². The molecule has 0 bridgehead atoms. The summed E-state index contributed by atoms with van der Waals surface area (Å²) in [5.41, 5.74) is 5.08. The van der Waals surface area contributed by atoms with E-state index in [1.54, 1.807) is 6.92 Å². The predicted octanol–water partition coefficient (Wildman–Crippen LogP) is 0.138. The highest BCUT2D eigenvalue weighted by Gasteiger charge is 2.15. The van der Waals surface area contributed by atoms with Crippen LogP contribution in [0, 0.1) is 0 Å². The quantitative estimate of drug-likeness (QED) is 0.518. The van der Waals surface area contributed by atoms with E-state index in [1.165, 1.54) is 0 Å². The number of aliphatic carboxylic acids is 1. The van der Waals surface area contributed by atoms with Gasteiger partial charge in [0.1, 0.15) is 6.04 Å². The molecule has 0 fully saturated rings. The molecule has 2 atom stereocenters. The van der Waals surface area contributed by atoms with Crippen molar-refractivity contribution in [1.82, 2.24) is 0 Å². The van der Waals surface area contributed by atoms with Gasteiger partial charge in [0, 0.05) is 5.25 Å². The lowest BCUT2D eigenvalue weighted by atomic mass is 10.2. The molecule has 9 heavy (non-hydrogen) atoms. The molecular formula is C4H10ClNO2S. The Bertz CT molecular complexity index is 98.6. The molecule has 0 heterocycles. The third-order valence-corrected chi connectivity index (χ3v) is 1.13. The summed E-state index contributed by atoms with van der Waals surface area (Å²) in [6, 6.07) is -0.849. The molecule has 56 valence electrons. The van der Waals surface area contributed by atoms with Gasteiger partial charge in [-0.15, -0.1) is 12.4 Å². The van der Waals surface area contributed by atoms with Crippen LogP contribution in [0.15, 0.2) is 0 Å². The molecule has 5 heteroatoms. The molecular weight excluding hydrogens is 162 g/mol. The minimum atomic E-state index is -1.01. The van der Waals surface area contributed by atoms with Crippen molar-refractivity contribution >= 4 is 31.0 Å². The summed E-state index contributed by atoms with van der Waals surface area (Å²) in [6.07, 6.45) is 0. The van der Waals surface area contributed by atoms with Crippen molar-refractivity contribution in [3.05, 3.63) is 0 Å². The zero-order chi connectivity index (χ0) is 6.73. The van der Waals surface area contributed by atoms with E-state index >= 15 is 0 Å². The van der Waals surface area contributed by atoms with Crippen LogP contribution in [0.5, 0.6) is 0 Å². The summed E-state index contributed by atoms with van der Waals surface area (Å²) < 4.78 is 0. The van der Waals surface area contributed by atoms with Crippen LogP contribution in [-0.2, 0) is 4.79 Å². The number of hydrogen-bond acceptors (Lipinski definition) is 3. The van der Waals surface area contributed by atoms with E-state index in [0.29, 0.717) is 0 Å². The zero-order valence-electron chi connectivity index (χ0n) is 4.94. The third kappa shape index (κ3) is 4.57. The second-order valence-corrected chi connectivity index (χ2v) is 2.42. The zero-order valence-corrected chi connectivity index (χ0v) is 6.65.